The molecule has 0 bridgehead atoms. The first-order valence-corrected chi connectivity index (χ1v) is 9.13. The molecule has 0 unspecified atom stereocenters. The molecule has 26 heavy (non-hydrogen) atoms. The van der Waals surface area contributed by atoms with Gasteiger partial charge in [0, 0.05) is 17.4 Å². The predicted octanol–water partition coefficient (Wildman–Crippen LogP) is 4.94. The fourth-order valence-corrected chi connectivity index (χ4v) is 2.89. The number of rotatable bonds is 8. The van der Waals surface area contributed by atoms with Crippen LogP contribution in [0.1, 0.15) is 18.4 Å². The molecule has 0 aliphatic rings. The normalized spacial score (nSPS) is 10.6. The van der Waals surface area contributed by atoms with Gasteiger partial charge in [0.2, 0.25) is 5.13 Å². The molecule has 1 heterocycles. The minimum atomic E-state index is 0.513. The van der Waals surface area contributed by atoms with Gasteiger partial charge in [-0.05, 0) is 36.2 Å². The first-order chi connectivity index (χ1) is 12.8. The second-order valence-corrected chi connectivity index (χ2v) is 6.31. The quantitative estimate of drug-likeness (QED) is 0.350. The van der Waals surface area contributed by atoms with E-state index in [4.69, 9.17) is 10.00 Å². The number of nitriles is 1. The van der Waals surface area contributed by atoms with E-state index in [0.717, 1.165) is 34.1 Å². The third-order valence-corrected chi connectivity index (χ3v) is 4.28. The van der Waals surface area contributed by atoms with Gasteiger partial charge in [0.15, 0.2) is 0 Å². The molecular weight excluding hydrogens is 344 g/mol. The van der Waals surface area contributed by atoms with Gasteiger partial charge >= 0.3 is 0 Å². The Morgan fingerprint density at radius 2 is 1.96 bits per heavy atom. The number of anilines is 1. The molecule has 0 saturated heterocycles. The highest BCUT2D eigenvalue weighted by molar-refractivity contribution is 7.14. The Kier molecular flexibility index (Phi) is 6.35. The number of aromatic nitrogens is 1. The van der Waals surface area contributed by atoms with E-state index in [1.165, 1.54) is 11.3 Å². The number of thiazole rings is 1. The molecule has 0 atom stereocenters. The van der Waals surface area contributed by atoms with Crippen molar-refractivity contribution in [1.82, 2.24) is 4.98 Å². The van der Waals surface area contributed by atoms with Crippen LogP contribution in [0.25, 0.3) is 11.3 Å². The summed E-state index contributed by atoms with van der Waals surface area (Å²) in [5.41, 5.74) is 5.95. The third kappa shape index (κ3) is 5.16. The van der Waals surface area contributed by atoms with Crippen LogP contribution in [0.3, 0.4) is 0 Å². The minimum Gasteiger partial charge on any atom is -0.494 e. The monoisotopic (exact) mass is 362 g/mol. The van der Waals surface area contributed by atoms with Crippen LogP contribution in [-0.2, 0) is 0 Å². The average Bonchev–Trinajstić information content (AvgIpc) is 3.16. The molecule has 0 radical (unpaired) electrons. The Balaban J connectivity index is 1.51. The summed E-state index contributed by atoms with van der Waals surface area (Å²) in [4.78, 5) is 4.53. The molecule has 0 fully saturated rings. The summed E-state index contributed by atoms with van der Waals surface area (Å²) in [6.07, 6.45) is 2.99. The van der Waals surface area contributed by atoms with Gasteiger partial charge in [0.1, 0.15) is 5.75 Å². The number of hydrogen-bond acceptors (Lipinski definition) is 6. The highest BCUT2D eigenvalue weighted by Crippen LogP contribution is 2.24. The van der Waals surface area contributed by atoms with Crippen molar-refractivity contribution in [3.8, 4) is 23.1 Å². The van der Waals surface area contributed by atoms with Crippen LogP contribution in [0.5, 0.6) is 5.75 Å². The zero-order valence-corrected chi connectivity index (χ0v) is 14.9. The standard InChI is InChI=1S/C20H18N4OS/c21-12-4-5-13-25-18-10-8-16(9-11-18)14-22-24-20-23-19(15-26-20)17-6-2-1-3-7-17/h1-3,6-11,14-15H,4-5,13H2,(H,23,24). The molecule has 6 heteroatoms. The number of ether oxygens (including phenoxy) is 1. The van der Waals surface area contributed by atoms with Crippen molar-refractivity contribution in [2.24, 2.45) is 5.10 Å². The van der Waals surface area contributed by atoms with Crippen LogP contribution in [0.2, 0.25) is 0 Å². The zero-order chi connectivity index (χ0) is 18.0. The zero-order valence-electron chi connectivity index (χ0n) is 14.1. The summed E-state index contributed by atoms with van der Waals surface area (Å²) in [5.74, 6) is 0.792. The molecule has 130 valence electrons. The fourth-order valence-electron chi connectivity index (χ4n) is 2.22. The molecule has 0 aliphatic heterocycles. The molecule has 0 amide bonds. The molecule has 1 aromatic heterocycles. The lowest BCUT2D eigenvalue weighted by atomic mass is 10.2. The van der Waals surface area contributed by atoms with Gasteiger partial charge < -0.3 is 4.74 Å². The largest absolute Gasteiger partial charge is 0.494 e. The smallest absolute Gasteiger partial charge is 0.203 e. The highest BCUT2D eigenvalue weighted by Gasteiger charge is 2.02. The summed E-state index contributed by atoms with van der Waals surface area (Å²) in [6, 6.07) is 19.8. The van der Waals surface area contributed by atoms with Crippen LogP contribution in [0.4, 0.5) is 5.13 Å². The van der Waals surface area contributed by atoms with Crippen molar-refractivity contribution >= 4 is 22.7 Å². The van der Waals surface area contributed by atoms with Crippen molar-refractivity contribution in [3.63, 3.8) is 0 Å². The summed E-state index contributed by atoms with van der Waals surface area (Å²) in [6.45, 7) is 0.552. The topological polar surface area (TPSA) is 70.3 Å². The molecule has 3 rings (SSSR count). The minimum absolute atomic E-state index is 0.513. The second-order valence-electron chi connectivity index (χ2n) is 5.45. The Hall–Kier alpha value is -3.17. The van der Waals surface area contributed by atoms with Gasteiger partial charge in [-0.3, -0.25) is 5.43 Å². The Bertz CT molecular complexity index is 882. The third-order valence-electron chi connectivity index (χ3n) is 3.53. The van der Waals surface area contributed by atoms with E-state index in [-0.39, 0.29) is 0 Å². The van der Waals surface area contributed by atoms with Gasteiger partial charge in [0.25, 0.3) is 0 Å². The van der Waals surface area contributed by atoms with E-state index < -0.39 is 0 Å². The Labute approximate surface area is 156 Å². The van der Waals surface area contributed by atoms with E-state index in [1.807, 2.05) is 60.0 Å². The number of hydrazone groups is 1. The van der Waals surface area contributed by atoms with Crippen molar-refractivity contribution in [2.75, 3.05) is 12.0 Å². The lowest BCUT2D eigenvalue weighted by Crippen LogP contribution is -1.96. The molecule has 0 spiro atoms. The highest BCUT2D eigenvalue weighted by atomic mass is 32.1. The SMILES string of the molecule is N#CCCCOc1ccc(C=NNc2nc(-c3ccccc3)cs2)cc1. The molecule has 0 aliphatic carbocycles. The number of nitrogens with zero attached hydrogens (tertiary/aromatic N) is 3. The van der Waals surface area contributed by atoms with E-state index in [2.05, 4.69) is 21.6 Å². The maximum atomic E-state index is 8.49. The van der Waals surface area contributed by atoms with Crippen LogP contribution in [-0.4, -0.2) is 17.8 Å². The summed E-state index contributed by atoms with van der Waals surface area (Å²) in [5, 5.41) is 15.5. The summed E-state index contributed by atoms with van der Waals surface area (Å²) in [7, 11) is 0. The molecule has 0 saturated carbocycles. The van der Waals surface area contributed by atoms with Gasteiger partial charge in [-0.25, -0.2) is 4.98 Å². The van der Waals surface area contributed by atoms with E-state index in [0.29, 0.717) is 13.0 Å². The van der Waals surface area contributed by atoms with Crippen molar-refractivity contribution in [2.45, 2.75) is 12.8 Å². The molecule has 1 N–H and O–H groups in total. The molecular formula is C20H18N4OS. The lowest BCUT2D eigenvalue weighted by molar-refractivity contribution is 0.312. The first-order valence-electron chi connectivity index (χ1n) is 8.25. The summed E-state index contributed by atoms with van der Waals surface area (Å²) >= 11 is 1.52. The van der Waals surface area contributed by atoms with Crippen molar-refractivity contribution < 1.29 is 4.74 Å². The maximum Gasteiger partial charge on any atom is 0.203 e. The molecule has 5 nitrogen and oxygen atoms in total. The molecule has 2 aromatic carbocycles. The summed E-state index contributed by atoms with van der Waals surface area (Å²) < 4.78 is 5.56. The second kappa shape index (κ2) is 9.35. The fraction of sp³-hybridized carbons (Fsp3) is 0.150. The Morgan fingerprint density at radius 1 is 1.15 bits per heavy atom. The first kappa shape index (κ1) is 17.6. The lowest BCUT2D eigenvalue weighted by Gasteiger charge is -2.04. The van der Waals surface area contributed by atoms with Crippen LogP contribution in [0.15, 0.2) is 65.1 Å². The number of unbranched alkanes of at least 4 members (excludes halogenated alkanes) is 1. The van der Waals surface area contributed by atoms with E-state index in [1.54, 1.807) is 6.21 Å². The predicted molar refractivity (Wildman–Crippen MR) is 106 cm³/mol. The van der Waals surface area contributed by atoms with E-state index >= 15 is 0 Å². The number of hydrogen-bond donors (Lipinski definition) is 1. The number of benzene rings is 2. The number of nitrogens with one attached hydrogen (secondary N) is 1. The maximum absolute atomic E-state index is 8.49. The van der Waals surface area contributed by atoms with Gasteiger partial charge in [-0.1, -0.05) is 30.3 Å². The average molecular weight is 362 g/mol. The van der Waals surface area contributed by atoms with Crippen molar-refractivity contribution in [3.05, 3.63) is 65.5 Å². The van der Waals surface area contributed by atoms with Crippen molar-refractivity contribution in [1.29, 1.82) is 5.26 Å². The van der Waals surface area contributed by atoms with Crippen LogP contribution in [0, 0.1) is 11.3 Å². The Morgan fingerprint density at radius 3 is 2.73 bits per heavy atom. The van der Waals surface area contributed by atoms with Crippen LogP contribution >= 0.6 is 11.3 Å². The van der Waals surface area contributed by atoms with Crippen LogP contribution < -0.4 is 10.2 Å². The molecule has 3 aromatic rings. The van der Waals surface area contributed by atoms with Gasteiger partial charge in [0.05, 0.1) is 24.6 Å². The van der Waals surface area contributed by atoms with Gasteiger partial charge in [-0.2, -0.15) is 10.4 Å². The van der Waals surface area contributed by atoms with Gasteiger partial charge in [-0.15, -0.1) is 11.3 Å². The van der Waals surface area contributed by atoms with E-state index in [9.17, 15) is 0 Å².